The summed E-state index contributed by atoms with van der Waals surface area (Å²) in [5.74, 6) is 0.521. The minimum Gasteiger partial charge on any atom is -0.491 e. The average Bonchev–Trinajstić information content (AvgIpc) is 2.67. The number of hydrogen-bond acceptors (Lipinski definition) is 6. The van der Waals surface area contributed by atoms with E-state index < -0.39 is 16.1 Å². The Morgan fingerprint density at radius 3 is 2.38 bits per heavy atom. The van der Waals surface area contributed by atoms with Gasteiger partial charge in [-0.15, -0.1) is 0 Å². The molecule has 29 heavy (non-hydrogen) atoms. The number of carbonyl (C=O) groups is 1. The van der Waals surface area contributed by atoms with Gasteiger partial charge >= 0.3 is 5.97 Å². The molecule has 1 aromatic rings. The van der Waals surface area contributed by atoms with E-state index in [4.69, 9.17) is 9.47 Å². The lowest BCUT2D eigenvalue weighted by Gasteiger charge is -2.20. The van der Waals surface area contributed by atoms with Crippen molar-refractivity contribution in [2.75, 3.05) is 32.6 Å². The molecule has 0 aliphatic carbocycles. The molecular weight excluding hydrogens is 394 g/mol. The number of unbranched alkanes of at least 4 members (excludes halogenated alkanes) is 3. The Morgan fingerprint density at radius 1 is 1.07 bits per heavy atom. The summed E-state index contributed by atoms with van der Waals surface area (Å²) in [5, 5.41) is 10.1. The maximum Gasteiger partial charge on any atom is 0.305 e. The van der Waals surface area contributed by atoms with Crippen molar-refractivity contribution in [3.8, 4) is 5.75 Å². The van der Waals surface area contributed by atoms with Crippen LogP contribution in [0.1, 0.15) is 51.9 Å². The van der Waals surface area contributed by atoms with E-state index in [9.17, 15) is 18.3 Å². The lowest BCUT2D eigenvalue weighted by molar-refractivity contribution is -0.143. The lowest BCUT2D eigenvalue weighted by atomic mass is 10.1. The number of ether oxygens (including phenoxy) is 2. The summed E-state index contributed by atoms with van der Waals surface area (Å²) >= 11 is 0. The number of benzene rings is 1. The molecule has 0 saturated carbocycles. The van der Waals surface area contributed by atoms with Gasteiger partial charge in [-0.05, 0) is 44.7 Å². The zero-order valence-corrected chi connectivity index (χ0v) is 18.4. The van der Waals surface area contributed by atoms with Gasteiger partial charge < -0.3 is 14.6 Å². The third kappa shape index (κ3) is 12.5. The average molecular weight is 430 g/mol. The number of sulfonamides is 1. The number of rotatable bonds is 16. The molecule has 0 fully saturated rings. The highest BCUT2D eigenvalue weighted by Gasteiger charge is 2.16. The van der Waals surface area contributed by atoms with Gasteiger partial charge in [0.15, 0.2) is 0 Å². The van der Waals surface area contributed by atoms with E-state index in [1.807, 2.05) is 30.3 Å². The summed E-state index contributed by atoms with van der Waals surface area (Å²) in [6.45, 7) is 3.20. The Balaban J connectivity index is 2.21. The van der Waals surface area contributed by atoms with Crippen LogP contribution in [-0.2, 0) is 19.6 Å². The van der Waals surface area contributed by atoms with Crippen molar-refractivity contribution in [1.82, 2.24) is 4.31 Å². The van der Waals surface area contributed by atoms with Gasteiger partial charge in [0.2, 0.25) is 10.0 Å². The van der Waals surface area contributed by atoms with Crippen LogP contribution in [0.25, 0.3) is 0 Å². The quantitative estimate of drug-likeness (QED) is 0.321. The van der Waals surface area contributed by atoms with E-state index in [0.29, 0.717) is 44.7 Å². The summed E-state index contributed by atoms with van der Waals surface area (Å²) in [6, 6.07) is 9.27. The van der Waals surface area contributed by atoms with Gasteiger partial charge in [-0.1, -0.05) is 31.0 Å². The second kappa shape index (κ2) is 14.4. The van der Waals surface area contributed by atoms with Crippen LogP contribution in [0.5, 0.6) is 5.75 Å². The fourth-order valence-corrected chi connectivity index (χ4v) is 3.80. The SMILES string of the molecule is CCOC(=O)CCCCCCN(CCCC(O)COc1ccccc1)S(C)(=O)=O. The van der Waals surface area contributed by atoms with Crippen LogP contribution in [0.4, 0.5) is 0 Å². The maximum absolute atomic E-state index is 12.0. The predicted molar refractivity (Wildman–Crippen MR) is 113 cm³/mol. The van der Waals surface area contributed by atoms with Gasteiger partial charge in [-0.3, -0.25) is 4.79 Å². The smallest absolute Gasteiger partial charge is 0.305 e. The molecule has 0 aliphatic rings. The third-order valence-electron chi connectivity index (χ3n) is 4.44. The second-order valence-electron chi connectivity index (χ2n) is 7.05. The van der Waals surface area contributed by atoms with E-state index in [1.165, 1.54) is 10.6 Å². The Labute approximate surface area is 175 Å². The first-order chi connectivity index (χ1) is 13.8. The minimum absolute atomic E-state index is 0.180. The van der Waals surface area contributed by atoms with Gasteiger partial charge in [0.1, 0.15) is 12.4 Å². The molecule has 1 aromatic carbocycles. The summed E-state index contributed by atoms with van der Waals surface area (Å²) < 4.78 is 35.8. The first-order valence-electron chi connectivity index (χ1n) is 10.3. The molecule has 0 radical (unpaired) electrons. The molecule has 0 amide bonds. The molecule has 8 heteroatoms. The zero-order chi connectivity index (χ0) is 21.5. The standard InChI is InChI=1S/C21H35NO6S/c1-3-27-21(24)15-9-4-5-10-16-22(29(2,25)26)17-11-12-19(23)18-28-20-13-7-6-8-14-20/h6-8,13-14,19,23H,3-5,9-12,15-18H2,1-2H3. The third-order valence-corrected chi connectivity index (χ3v) is 5.75. The summed E-state index contributed by atoms with van der Waals surface area (Å²) in [4.78, 5) is 11.3. The van der Waals surface area contributed by atoms with Crippen molar-refractivity contribution in [3.63, 3.8) is 0 Å². The summed E-state index contributed by atoms with van der Waals surface area (Å²) in [7, 11) is -3.29. The molecule has 1 rings (SSSR count). The number of aliphatic hydroxyl groups is 1. The Hall–Kier alpha value is -1.64. The van der Waals surface area contributed by atoms with Crippen LogP contribution < -0.4 is 4.74 Å². The number of carbonyl (C=O) groups excluding carboxylic acids is 1. The number of hydrogen-bond donors (Lipinski definition) is 1. The minimum atomic E-state index is -3.29. The van der Waals surface area contributed by atoms with E-state index in [1.54, 1.807) is 6.92 Å². The Kier molecular flexibility index (Phi) is 12.6. The topological polar surface area (TPSA) is 93.1 Å². The molecule has 0 spiro atoms. The van der Waals surface area contributed by atoms with Gasteiger partial charge in [0.25, 0.3) is 0 Å². The normalized spacial score (nSPS) is 12.7. The van der Waals surface area contributed by atoms with Crippen molar-refractivity contribution in [3.05, 3.63) is 30.3 Å². The molecule has 1 atom stereocenters. The van der Waals surface area contributed by atoms with E-state index in [2.05, 4.69) is 0 Å². The highest BCUT2D eigenvalue weighted by molar-refractivity contribution is 7.88. The number of aliphatic hydroxyl groups excluding tert-OH is 1. The van der Waals surface area contributed by atoms with Crippen molar-refractivity contribution < 1.29 is 27.8 Å². The molecule has 1 N–H and O–H groups in total. The van der Waals surface area contributed by atoms with E-state index in [0.717, 1.165) is 25.7 Å². The van der Waals surface area contributed by atoms with Crippen molar-refractivity contribution in [2.24, 2.45) is 0 Å². The molecule has 0 heterocycles. The monoisotopic (exact) mass is 429 g/mol. The highest BCUT2D eigenvalue weighted by Crippen LogP contribution is 2.12. The molecule has 7 nitrogen and oxygen atoms in total. The number of para-hydroxylation sites is 1. The van der Waals surface area contributed by atoms with Gasteiger partial charge in [0, 0.05) is 19.5 Å². The molecule has 1 unspecified atom stereocenters. The molecular formula is C21H35NO6S. The second-order valence-corrected chi connectivity index (χ2v) is 9.03. The molecule has 166 valence electrons. The van der Waals surface area contributed by atoms with Crippen molar-refractivity contribution in [2.45, 2.75) is 58.0 Å². The summed E-state index contributed by atoms with van der Waals surface area (Å²) in [5.41, 5.74) is 0. The first-order valence-corrected chi connectivity index (χ1v) is 12.1. The largest absolute Gasteiger partial charge is 0.491 e. The van der Waals surface area contributed by atoms with Crippen molar-refractivity contribution >= 4 is 16.0 Å². The van der Waals surface area contributed by atoms with Crippen LogP contribution in [0.15, 0.2) is 30.3 Å². The number of esters is 1. The fourth-order valence-electron chi connectivity index (χ4n) is 2.88. The van der Waals surface area contributed by atoms with Gasteiger partial charge in [0.05, 0.1) is 19.0 Å². The van der Waals surface area contributed by atoms with Gasteiger partial charge in [-0.25, -0.2) is 12.7 Å². The summed E-state index contributed by atoms with van der Waals surface area (Å²) in [6.07, 6.45) is 5.24. The van der Waals surface area contributed by atoms with Crippen LogP contribution in [-0.4, -0.2) is 62.5 Å². The molecule has 0 aromatic heterocycles. The molecule has 0 saturated heterocycles. The maximum atomic E-state index is 12.0. The Bertz CT molecular complexity index is 665. The van der Waals surface area contributed by atoms with Crippen LogP contribution in [0.3, 0.4) is 0 Å². The zero-order valence-electron chi connectivity index (χ0n) is 17.6. The number of nitrogens with zero attached hydrogens (tertiary/aromatic N) is 1. The predicted octanol–water partition coefficient (Wildman–Crippen LogP) is 2.98. The van der Waals surface area contributed by atoms with E-state index >= 15 is 0 Å². The van der Waals surface area contributed by atoms with Crippen molar-refractivity contribution in [1.29, 1.82) is 0 Å². The molecule has 0 aliphatic heterocycles. The van der Waals surface area contributed by atoms with Crippen LogP contribution in [0.2, 0.25) is 0 Å². The lowest BCUT2D eigenvalue weighted by Crippen LogP contribution is -2.32. The highest BCUT2D eigenvalue weighted by atomic mass is 32.2. The molecule has 0 bridgehead atoms. The first kappa shape index (κ1) is 25.4. The van der Waals surface area contributed by atoms with Gasteiger partial charge in [-0.2, -0.15) is 0 Å². The fraction of sp³-hybridized carbons (Fsp3) is 0.667. The Morgan fingerprint density at radius 2 is 1.72 bits per heavy atom. The van der Waals surface area contributed by atoms with E-state index in [-0.39, 0.29) is 12.6 Å². The van der Waals surface area contributed by atoms with Crippen LogP contribution in [0, 0.1) is 0 Å². The van der Waals surface area contributed by atoms with Crippen LogP contribution >= 0.6 is 0 Å².